The summed E-state index contributed by atoms with van der Waals surface area (Å²) in [7, 11) is 0. The van der Waals surface area contributed by atoms with Gasteiger partial charge in [-0.2, -0.15) is 0 Å². The molecule has 1 fully saturated rings. The molecule has 86 valence electrons. The topological polar surface area (TPSA) is 56.5 Å². The summed E-state index contributed by atoms with van der Waals surface area (Å²) in [4.78, 5) is 1.83. The number of ether oxygens (including phenoxy) is 1. The average molecular weight is 224 g/mol. The summed E-state index contributed by atoms with van der Waals surface area (Å²) < 4.78 is 18.3. The number of aromatic hydroxyl groups is 1. The van der Waals surface area contributed by atoms with Crippen LogP contribution in [-0.4, -0.2) is 42.1 Å². The zero-order valence-corrected chi connectivity index (χ0v) is 8.74. The number of halogens is 1. The highest BCUT2D eigenvalue weighted by Gasteiger charge is 2.16. The van der Waals surface area contributed by atoms with E-state index in [1.54, 1.807) is 0 Å². The molecule has 16 heavy (non-hydrogen) atoms. The number of nitrogens with zero attached hydrogens (tertiary/aromatic N) is 1. The van der Waals surface area contributed by atoms with Gasteiger partial charge >= 0.3 is 0 Å². The van der Waals surface area contributed by atoms with Gasteiger partial charge in [-0.05, 0) is 18.2 Å². The molecule has 0 saturated carbocycles. The van der Waals surface area contributed by atoms with E-state index in [1.807, 2.05) is 4.90 Å². The standard InChI is InChI=1S/C11H13FN2O2/c12-9-7-8(1-2-10(9)15)11(13)14-3-5-16-6-4-14/h1-2,7,13,15H,3-6H2. The Morgan fingerprint density at radius 3 is 2.69 bits per heavy atom. The third kappa shape index (κ3) is 2.14. The number of hydrogen-bond acceptors (Lipinski definition) is 3. The third-order valence-corrected chi connectivity index (χ3v) is 2.55. The molecule has 1 aliphatic rings. The van der Waals surface area contributed by atoms with Gasteiger partial charge in [-0.15, -0.1) is 0 Å². The van der Waals surface area contributed by atoms with Crippen molar-refractivity contribution in [3.8, 4) is 5.75 Å². The molecule has 2 rings (SSSR count). The Hall–Kier alpha value is -1.62. The van der Waals surface area contributed by atoms with Crippen LogP contribution in [0.15, 0.2) is 18.2 Å². The quantitative estimate of drug-likeness (QED) is 0.556. The summed E-state index contributed by atoms with van der Waals surface area (Å²) in [5, 5.41) is 17.0. The molecule has 2 N–H and O–H groups in total. The van der Waals surface area contributed by atoms with Crippen molar-refractivity contribution in [1.82, 2.24) is 4.90 Å². The maximum Gasteiger partial charge on any atom is 0.165 e. The number of phenolic OH excluding ortho intramolecular Hbond substituents is 1. The number of benzene rings is 1. The van der Waals surface area contributed by atoms with Crippen molar-refractivity contribution in [2.45, 2.75) is 0 Å². The van der Waals surface area contributed by atoms with Gasteiger partial charge in [0, 0.05) is 18.7 Å². The fraction of sp³-hybridized carbons (Fsp3) is 0.364. The summed E-state index contributed by atoms with van der Waals surface area (Å²) in [5.41, 5.74) is 0.470. The van der Waals surface area contributed by atoms with Crippen LogP contribution in [0, 0.1) is 11.2 Å². The summed E-state index contributed by atoms with van der Waals surface area (Å²) in [6.45, 7) is 2.45. The van der Waals surface area contributed by atoms with E-state index in [0.717, 1.165) is 0 Å². The molecule has 0 atom stereocenters. The Kier molecular flexibility index (Phi) is 3.05. The molecule has 4 nitrogen and oxygen atoms in total. The van der Waals surface area contributed by atoms with Crippen LogP contribution in [-0.2, 0) is 4.74 Å². The van der Waals surface area contributed by atoms with E-state index < -0.39 is 11.6 Å². The van der Waals surface area contributed by atoms with Crippen molar-refractivity contribution in [2.75, 3.05) is 26.3 Å². The smallest absolute Gasteiger partial charge is 0.165 e. The Bertz CT molecular complexity index is 403. The van der Waals surface area contributed by atoms with Crippen LogP contribution >= 0.6 is 0 Å². The molecular formula is C11H13FN2O2. The minimum absolute atomic E-state index is 0.266. The maximum absolute atomic E-state index is 13.1. The number of hydrogen-bond donors (Lipinski definition) is 2. The van der Waals surface area contributed by atoms with Crippen molar-refractivity contribution in [3.05, 3.63) is 29.6 Å². The molecule has 0 aliphatic carbocycles. The second-order valence-electron chi connectivity index (χ2n) is 3.61. The van der Waals surface area contributed by atoms with E-state index in [0.29, 0.717) is 31.9 Å². The zero-order chi connectivity index (χ0) is 11.5. The molecule has 0 bridgehead atoms. The molecule has 1 heterocycles. The van der Waals surface area contributed by atoms with Crippen LogP contribution < -0.4 is 0 Å². The van der Waals surface area contributed by atoms with E-state index >= 15 is 0 Å². The molecule has 0 radical (unpaired) electrons. The fourth-order valence-corrected chi connectivity index (χ4v) is 1.62. The predicted molar refractivity (Wildman–Crippen MR) is 57.3 cm³/mol. The molecule has 1 aromatic rings. The number of rotatable bonds is 1. The Morgan fingerprint density at radius 2 is 2.06 bits per heavy atom. The molecule has 1 aliphatic heterocycles. The van der Waals surface area contributed by atoms with E-state index in [4.69, 9.17) is 15.3 Å². The van der Waals surface area contributed by atoms with Gasteiger partial charge in [0.05, 0.1) is 13.2 Å². The van der Waals surface area contributed by atoms with Crippen molar-refractivity contribution in [3.63, 3.8) is 0 Å². The minimum Gasteiger partial charge on any atom is -0.505 e. The minimum atomic E-state index is -0.699. The molecule has 1 aromatic carbocycles. The lowest BCUT2D eigenvalue weighted by atomic mass is 10.1. The van der Waals surface area contributed by atoms with Gasteiger partial charge in [-0.3, -0.25) is 5.41 Å². The molecule has 5 heteroatoms. The molecule has 1 saturated heterocycles. The molecule has 0 amide bonds. The summed E-state index contributed by atoms with van der Waals surface area (Å²) in [6, 6.07) is 3.98. The van der Waals surface area contributed by atoms with Crippen molar-refractivity contribution in [2.24, 2.45) is 0 Å². The van der Waals surface area contributed by atoms with Gasteiger partial charge in [0.15, 0.2) is 11.6 Å². The first-order chi connectivity index (χ1) is 7.68. The number of nitrogens with one attached hydrogen (secondary N) is 1. The van der Waals surface area contributed by atoms with Crippen LogP contribution in [0.2, 0.25) is 0 Å². The average Bonchev–Trinajstić information content (AvgIpc) is 2.33. The van der Waals surface area contributed by atoms with E-state index in [9.17, 15) is 4.39 Å². The van der Waals surface area contributed by atoms with Crippen LogP contribution in [0.5, 0.6) is 5.75 Å². The predicted octanol–water partition coefficient (Wildman–Crippen LogP) is 1.19. The van der Waals surface area contributed by atoms with Gasteiger partial charge in [0.25, 0.3) is 0 Å². The van der Waals surface area contributed by atoms with Gasteiger partial charge in [0.1, 0.15) is 5.84 Å². The lowest BCUT2D eigenvalue weighted by molar-refractivity contribution is 0.0680. The van der Waals surface area contributed by atoms with E-state index in [2.05, 4.69) is 0 Å². The number of morpholine rings is 1. The van der Waals surface area contributed by atoms with Crippen molar-refractivity contribution >= 4 is 5.84 Å². The zero-order valence-electron chi connectivity index (χ0n) is 8.74. The normalized spacial score (nSPS) is 16.2. The first-order valence-corrected chi connectivity index (χ1v) is 5.08. The van der Waals surface area contributed by atoms with Crippen LogP contribution in [0.1, 0.15) is 5.56 Å². The lowest BCUT2D eigenvalue weighted by Crippen LogP contribution is -2.40. The highest BCUT2D eigenvalue weighted by molar-refractivity contribution is 5.96. The monoisotopic (exact) mass is 224 g/mol. The van der Waals surface area contributed by atoms with E-state index in [-0.39, 0.29) is 5.84 Å². The maximum atomic E-state index is 13.1. The summed E-state index contributed by atoms with van der Waals surface area (Å²) in [5.74, 6) is -0.823. The second kappa shape index (κ2) is 4.49. The highest BCUT2D eigenvalue weighted by atomic mass is 19.1. The second-order valence-corrected chi connectivity index (χ2v) is 3.61. The van der Waals surface area contributed by atoms with Gasteiger partial charge in [0.2, 0.25) is 0 Å². The van der Waals surface area contributed by atoms with Crippen LogP contribution in [0.25, 0.3) is 0 Å². The number of amidine groups is 1. The number of phenols is 1. The molecule has 0 aromatic heterocycles. The van der Waals surface area contributed by atoms with Gasteiger partial charge in [-0.25, -0.2) is 4.39 Å². The SMILES string of the molecule is N=C(c1ccc(O)c(F)c1)N1CCOCC1. The Labute approximate surface area is 92.8 Å². The van der Waals surface area contributed by atoms with Crippen molar-refractivity contribution in [1.29, 1.82) is 5.41 Å². The summed E-state index contributed by atoms with van der Waals surface area (Å²) in [6.07, 6.45) is 0. The molecule has 0 unspecified atom stereocenters. The first kappa shape index (κ1) is 10.9. The lowest BCUT2D eigenvalue weighted by Gasteiger charge is -2.29. The van der Waals surface area contributed by atoms with Crippen LogP contribution in [0.4, 0.5) is 4.39 Å². The van der Waals surface area contributed by atoms with Crippen LogP contribution in [0.3, 0.4) is 0 Å². The largest absolute Gasteiger partial charge is 0.505 e. The van der Waals surface area contributed by atoms with Gasteiger partial charge < -0.3 is 14.7 Å². The van der Waals surface area contributed by atoms with Gasteiger partial charge in [-0.1, -0.05) is 0 Å². The molecular weight excluding hydrogens is 211 g/mol. The van der Waals surface area contributed by atoms with Crippen molar-refractivity contribution < 1.29 is 14.2 Å². The first-order valence-electron chi connectivity index (χ1n) is 5.08. The Morgan fingerprint density at radius 1 is 1.38 bits per heavy atom. The Balaban J connectivity index is 2.16. The fourth-order valence-electron chi connectivity index (χ4n) is 1.62. The molecule has 0 spiro atoms. The third-order valence-electron chi connectivity index (χ3n) is 2.55. The summed E-state index contributed by atoms with van der Waals surface area (Å²) >= 11 is 0. The van der Waals surface area contributed by atoms with E-state index in [1.165, 1.54) is 18.2 Å². The highest BCUT2D eigenvalue weighted by Crippen LogP contribution is 2.17.